The Hall–Kier alpha value is -3.27. The number of carbonyl (C=O) groups is 2. The van der Waals surface area contributed by atoms with Crippen molar-refractivity contribution in [2.24, 2.45) is 0 Å². The van der Waals surface area contributed by atoms with Gasteiger partial charge in [-0.25, -0.2) is 13.4 Å². The van der Waals surface area contributed by atoms with E-state index in [0.717, 1.165) is 37.3 Å². The number of rotatable bonds is 8. The predicted molar refractivity (Wildman–Crippen MR) is 120 cm³/mol. The number of carbonyl (C=O) groups excluding carboxylic acids is 2. The molecule has 10 heteroatoms. The van der Waals surface area contributed by atoms with Crippen LogP contribution < -0.4 is 15.4 Å². The van der Waals surface area contributed by atoms with E-state index in [1.807, 2.05) is 6.07 Å². The van der Waals surface area contributed by atoms with E-state index in [0.29, 0.717) is 11.6 Å². The van der Waals surface area contributed by atoms with Crippen LogP contribution >= 0.6 is 0 Å². The van der Waals surface area contributed by atoms with E-state index >= 15 is 0 Å². The Morgan fingerprint density at radius 3 is 2.47 bits per heavy atom. The fourth-order valence-corrected chi connectivity index (χ4v) is 3.87. The van der Waals surface area contributed by atoms with Gasteiger partial charge in [0.1, 0.15) is 17.1 Å². The number of sulfone groups is 1. The third kappa shape index (κ3) is 6.61. The lowest BCUT2D eigenvalue weighted by molar-refractivity contribution is -0.114. The summed E-state index contributed by atoms with van der Waals surface area (Å²) in [6, 6.07) is 8.87. The van der Waals surface area contributed by atoms with Gasteiger partial charge < -0.3 is 15.4 Å². The molecule has 170 valence electrons. The van der Waals surface area contributed by atoms with Crippen LogP contribution in [0.2, 0.25) is 0 Å². The second-order valence-corrected chi connectivity index (χ2v) is 9.53. The summed E-state index contributed by atoms with van der Waals surface area (Å²) in [5.41, 5.74) is -0.0291. The Labute approximate surface area is 187 Å². The van der Waals surface area contributed by atoms with Crippen molar-refractivity contribution >= 4 is 27.5 Å². The van der Waals surface area contributed by atoms with Crippen LogP contribution in [0.1, 0.15) is 54.7 Å². The average Bonchev–Trinajstić information content (AvgIpc) is 3.25. The lowest BCUT2D eigenvalue weighted by atomic mass is 10.1. The first-order valence-corrected chi connectivity index (χ1v) is 12.3. The van der Waals surface area contributed by atoms with Gasteiger partial charge in [-0.3, -0.25) is 9.59 Å². The van der Waals surface area contributed by atoms with E-state index in [4.69, 9.17) is 4.74 Å². The maximum Gasteiger partial charge on any atom is 0.260 e. The van der Waals surface area contributed by atoms with Crippen LogP contribution in [0.5, 0.6) is 11.6 Å². The van der Waals surface area contributed by atoms with E-state index < -0.39 is 21.7 Å². The average molecular weight is 459 g/mol. The van der Waals surface area contributed by atoms with Crippen molar-refractivity contribution in [3.8, 4) is 11.6 Å². The molecule has 0 aliphatic heterocycles. The molecule has 0 bridgehead atoms. The van der Waals surface area contributed by atoms with E-state index in [1.54, 1.807) is 24.3 Å². The third-order valence-corrected chi connectivity index (χ3v) is 5.50. The molecule has 1 aliphatic rings. The fourth-order valence-electron chi connectivity index (χ4n) is 3.42. The lowest BCUT2D eigenvalue weighted by Gasteiger charge is -2.17. The maximum absolute atomic E-state index is 13.0. The number of benzene rings is 1. The molecular weight excluding hydrogens is 432 g/mol. The summed E-state index contributed by atoms with van der Waals surface area (Å²) in [6.07, 6.45) is 6.34. The number of aromatic nitrogens is 2. The number of ether oxygens (including phenoxy) is 1. The Bertz CT molecular complexity index is 1110. The Balaban J connectivity index is 2.01. The van der Waals surface area contributed by atoms with Gasteiger partial charge in [-0.2, -0.15) is 4.98 Å². The van der Waals surface area contributed by atoms with Crippen LogP contribution in [-0.2, 0) is 14.6 Å². The molecule has 0 unspecified atom stereocenters. The fraction of sp³-hybridized carbons (Fsp3) is 0.364. The van der Waals surface area contributed by atoms with E-state index in [9.17, 15) is 18.0 Å². The van der Waals surface area contributed by atoms with E-state index in [-0.39, 0.29) is 29.7 Å². The van der Waals surface area contributed by atoms with Gasteiger partial charge in [0.15, 0.2) is 15.7 Å². The second kappa shape index (κ2) is 10.4. The molecule has 3 rings (SSSR count). The molecule has 1 aromatic heterocycles. The Morgan fingerprint density at radius 1 is 1.16 bits per heavy atom. The first-order valence-electron chi connectivity index (χ1n) is 10.3. The lowest BCUT2D eigenvalue weighted by Crippen LogP contribution is -2.27. The van der Waals surface area contributed by atoms with Crippen LogP contribution in [0.3, 0.4) is 0 Å². The van der Waals surface area contributed by atoms with Crippen LogP contribution in [-0.4, -0.2) is 43.0 Å². The summed E-state index contributed by atoms with van der Waals surface area (Å²) in [5, 5.41) is 6.22. The van der Waals surface area contributed by atoms with Crippen LogP contribution in [0.15, 0.2) is 41.8 Å². The van der Waals surface area contributed by atoms with Crippen molar-refractivity contribution in [2.45, 2.75) is 38.5 Å². The highest BCUT2D eigenvalue weighted by Crippen LogP contribution is 2.36. The number of amides is 2. The van der Waals surface area contributed by atoms with Crippen LogP contribution in [0, 0.1) is 0 Å². The monoisotopic (exact) mass is 458 g/mol. The number of anilines is 1. The predicted octanol–water partition coefficient (Wildman–Crippen LogP) is 3.17. The van der Waals surface area contributed by atoms with Gasteiger partial charge in [0.25, 0.3) is 5.91 Å². The zero-order valence-corrected chi connectivity index (χ0v) is 18.8. The smallest absolute Gasteiger partial charge is 0.260 e. The molecule has 0 spiro atoms. The molecule has 2 aromatic rings. The van der Waals surface area contributed by atoms with Crippen molar-refractivity contribution in [2.75, 3.05) is 18.1 Å². The standard InChI is InChI=1S/C22H26N4O5S/c1-15(27)24-20-18(21(28)23-13-8-14-32(2,29)30)22(31-17-11-4-3-5-12-17)26-19(25-20)16-9-6-7-10-16/h3-5,8,11-12,14,16H,6-7,9-10,13H2,1-2H3,(H,23,28)(H,24,25,26,27)/b14-8+. The van der Waals surface area contributed by atoms with Crippen molar-refractivity contribution in [1.82, 2.24) is 15.3 Å². The molecule has 0 saturated heterocycles. The van der Waals surface area contributed by atoms with Crippen LogP contribution in [0.4, 0.5) is 5.82 Å². The largest absolute Gasteiger partial charge is 0.438 e. The summed E-state index contributed by atoms with van der Waals surface area (Å²) in [5.74, 6) is 0.212. The molecule has 2 amide bonds. The summed E-state index contributed by atoms with van der Waals surface area (Å²) < 4.78 is 28.4. The Kier molecular flexibility index (Phi) is 7.57. The Morgan fingerprint density at radius 2 is 1.84 bits per heavy atom. The zero-order valence-electron chi connectivity index (χ0n) is 18.0. The van der Waals surface area contributed by atoms with Crippen LogP contribution in [0.25, 0.3) is 0 Å². The quantitative estimate of drug-likeness (QED) is 0.622. The van der Waals surface area contributed by atoms with Gasteiger partial charge >= 0.3 is 0 Å². The van der Waals surface area contributed by atoms with Gasteiger partial charge in [-0.15, -0.1) is 0 Å². The normalized spacial score (nSPS) is 14.4. The molecule has 1 aliphatic carbocycles. The molecule has 0 radical (unpaired) electrons. The van der Waals surface area contributed by atoms with Gasteiger partial charge in [0.2, 0.25) is 11.8 Å². The second-order valence-electron chi connectivity index (χ2n) is 7.60. The SMILES string of the molecule is CC(=O)Nc1nc(C2CCCC2)nc(Oc2ccccc2)c1C(=O)NC/C=C/S(C)(=O)=O. The molecule has 1 heterocycles. The highest BCUT2D eigenvalue weighted by molar-refractivity contribution is 7.93. The molecule has 2 N–H and O–H groups in total. The first-order chi connectivity index (χ1) is 15.2. The molecule has 1 saturated carbocycles. The minimum Gasteiger partial charge on any atom is -0.438 e. The number of nitrogens with zero attached hydrogens (tertiary/aromatic N) is 2. The maximum atomic E-state index is 13.0. The van der Waals surface area contributed by atoms with Gasteiger partial charge in [-0.1, -0.05) is 37.1 Å². The van der Waals surface area contributed by atoms with Gasteiger partial charge in [-0.05, 0) is 25.0 Å². The number of para-hydroxylation sites is 1. The highest BCUT2D eigenvalue weighted by Gasteiger charge is 2.27. The summed E-state index contributed by atoms with van der Waals surface area (Å²) in [7, 11) is -3.31. The minimum absolute atomic E-state index is 0.0291. The van der Waals surface area contributed by atoms with Crippen molar-refractivity contribution in [3.05, 3.63) is 53.2 Å². The molecule has 1 fully saturated rings. The van der Waals surface area contributed by atoms with Gasteiger partial charge in [0.05, 0.1) is 0 Å². The molecule has 1 aromatic carbocycles. The topological polar surface area (TPSA) is 127 Å². The summed E-state index contributed by atoms with van der Waals surface area (Å²) in [6.45, 7) is 1.28. The van der Waals surface area contributed by atoms with Gasteiger partial charge in [0, 0.05) is 31.1 Å². The third-order valence-electron chi connectivity index (χ3n) is 4.82. The number of hydrogen-bond acceptors (Lipinski definition) is 7. The van der Waals surface area contributed by atoms with Crippen molar-refractivity contribution < 1.29 is 22.7 Å². The molecule has 9 nitrogen and oxygen atoms in total. The van der Waals surface area contributed by atoms with E-state index in [1.165, 1.54) is 13.0 Å². The molecule has 32 heavy (non-hydrogen) atoms. The summed E-state index contributed by atoms with van der Waals surface area (Å²) >= 11 is 0. The molecule has 0 atom stereocenters. The minimum atomic E-state index is -3.31. The zero-order chi connectivity index (χ0) is 23.1. The first kappa shape index (κ1) is 23.4. The number of hydrogen-bond donors (Lipinski definition) is 2. The highest BCUT2D eigenvalue weighted by atomic mass is 32.2. The summed E-state index contributed by atoms with van der Waals surface area (Å²) in [4.78, 5) is 33.9. The number of nitrogens with one attached hydrogen (secondary N) is 2. The molecular formula is C22H26N4O5S. The van der Waals surface area contributed by atoms with Crippen molar-refractivity contribution in [1.29, 1.82) is 0 Å². The van der Waals surface area contributed by atoms with Crippen molar-refractivity contribution in [3.63, 3.8) is 0 Å². The van der Waals surface area contributed by atoms with E-state index in [2.05, 4.69) is 20.6 Å².